The highest BCUT2D eigenvalue weighted by molar-refractivity contribution is 8.11. The lowest BCUT2D eigenvalue weighted by Gasteiger charge is -2.46. The molecule has 39 heavy (non-hydrogen) atoms. The predicted octanol–water partition coefficient (Wildman–Crippen LogP) is 6.90. The van der Waals surface area contributed by atoms with Gasteiger partial charge in [-0.3, -0.25) is 0 Å². The Morgan fingerprint density at radius 1 is 1.03 bits per heavy atom. The molecule has 2 atom stereocenters. The Morgan fingerprint density at radius 3 is 2.28 bits per heavy atom. The van der Waals surface area contributed by atoms with Crippen LogP contribution in [-0.4, -0.2) is 36.6 Å². The van der Waals surface area contributed by atoms with Gasteiger partial charge in [0, 0.05) is 22.4 Å². The molecule has 1 aliphatic carbocycles. The molecule has 0 fully saturated rings. The van der Waals surface area contributed by atoms with Crippen LogP contribution in [0.2, 0.25) is 18.1 Å². The summed E-state index contributed by atoms with van der Waals surface area (Å²) >= 11 is 0. The third-order valence-electron chi connectivity index (χ3n) is 8.69. The van der Waals surface area contributed by atoms with Crippen LogP contribution in [0.15, 0.2) is 69.5 Å². The van der Waals surface area contributed by atoms with Crippen molar-refractivity contribution in [2.45, 2.75) is 79.6 Å². The van der Waals surface area contributed by atoms with Gasteiger partial charge in [0.15, 0.2) is 24.3 Å². The number of unbranched alkanes of at least 4 members (excludes halogenated alkanes) is 2. The number of fused-ring (bicyclic) bond motifs is 2. The highest BCUT2D eigenvalue weighted by atomic mass is 32.3. The third kappa shape index (κ3) is 4.83. The second-order valence-corrected chi connectivity index (χ2v) is 21.9. The first-order valence-corrected chi connectivity index (χ1v) is 19.5. The second-order valence-electron chi connectivity index (χ2n) is 12.0. The molecule has 0 spiro atoms. The van der Waals surface area contributed by atoms with Crippen molar-refractivity contribution in [2.24, 2.45) is 0 Å². The molecular weight excluding hydrogens is 545 g/mol. The van der Waals surface area contributed by atoms with E-state index in [0.29, 0.717) is 36.2 Å². The van der Waals surface area contributed by atoms with Crippen molar-refractivity contribution in [3.63, 3.8) is 0 Å². The van der Waals surface area contributed by atoms with Gasteiger partial charge in [0.25, 0.3) is 0 Å². The lowest BCUT2D eigenvalue weighted by atomic mass is 9.86. The molecule has 0 saturated carbocycles. The van der Waals surface area contributed by atoms with Crippen molar-refractivity contribution in [3.05, 3.63) is 75.7 Å². The van der Waals surface area contributed by atoms with Gasteiger partial charge < -0.3 is 4.74 Å². The van der Waals surface area contributed by atoms with Crippen LogP contribution in [0.4, 0.5) is 0 Å². The molecule has 4 rings (SSSR count). The number of allylic oxidation sites excluding steroid dienone is 2. The fourth-order valence-corrected chi connectivity index (χ4v) is 13.9. The summed E-state index contributed by atoms with van der Waals surface area (Å²) in [6, 6.07) is 13.7. The highest BCUT2D eigenvalue weighted by Gasteiger charge is 2.57. The van der Waals surface area contributed by atoms with E-state index in [2.05, 4.69) is 39.8 Å². The second kappa shape index (κ2) is 10.4. The number of hydrogen-bond acceptors (Lipinski definition) is 5. The van der Waals surface area contributed by atoms with Gasteiger partial charge in [0.05, 0.1) is 20.1 Å². The van der Waals surface area contributed by atoms with Crippen LogP contribution in [-0.2, 0) is 19.7 Å². The van der Waals surface area contributed by atoms with E-state index < -0.39 is 32.3 Å². The zero-order valence-corrected chi connectivity index (χ0v) is 26.2. The standard InChI is InChI=1S/C31H38O5S2Si/c1-8-9-10-14-20-27-28-25(30(38(27,34)35)37(32,33)22-16-12-11-13-17-22)21-24-23(18-15-19-26(24)36-5)29(28)39(6,7)31(2,3)4/h1,11-13,15-19,21,29-30H,9-10,14,20H2,2-7H3. The molecule has 0 aromatic heterocycles. The van der Waals surface area contributed by atoms with Gasteiger partial charge >= 0.3 is 0 Å². The molecule has 5 nitrogen and oxygen atoms in total. The average Bonchev–Trinajstić information content (AvgIpc) is 3.10. The summed E-state index contributed by atoms with van der Waals surface area (Å²) in [6.07, 6.45) is 9.28. The number of hydrogen-bond donors (Lipinski definition) is 0. The van der Waals surface area contributed by atoms with E-state index in [1.165, 1.54) is 12.1 Å². The van der Waals surface area contributed by atoms with E-state index in [1.807, 2.05) is 18.2 Å². The Labute approximate surface area is 235 Å². The monoisotopic (exact) mass is 582 g/mol. The first kappa shape index (κ1) is 29.4. The molecule has 0 bridgehead atoms. The lowest BCUT2D eigenvalue weighted by molar-refractivity contribution is 0.413. The number of ether oxygens (including phenoxy) is 1. The topological polar surface area (TPSA) is 77.5 Å². The first-order valence-electron chi connectivity index (χ1n) is 13.3. The predicted molar refractivity (Wildman–Crippen MR) is 162 cm³/mol. The Kier molecular flexibility index (Phi) is 7.85. The minimum atomic E-state index is -4.27. The molecule has 2 aromatic carbocycles. The Bertz CT molecular complexity index is 1590. The summed E-state index contributed by atoms with van der Waals surface area (Å²) in [5.41, 5.74) is 2.61. The first-order chi connectivity index (χ1) is 18.2. The van der Waals surface area contributed by atoms with E-state index in [1.54, 1.807) is 31.4 Å². The maximum Gasteiger partial charge on any atom is 0.200 e. The van der Waals surface area contributed by atoms with Crippen LogP contribution >= 0.6 is 0 Å². The molecule has 0 saturated heterocycles. The molecule has 8 heteroatoms. The quantitative estimate of drug-likeness (QED) is 0.192. The molecule has 0 N–H and O–H groups in total. The minimum absolute atomic E-state index is 0.00195. The summed E-state index contributed by atoms with van der Waals surface area (Å²) in [7, 11) is -9.26. The number of methoxy groups -OCH3 is 1. The SMILES string of the molecule is C#CCCCCC1=C2C(=Cc3c(OC)cccc3C2[Si](C)(C)C(C)(C)C)C(S(=O)(=O)c2ccccc2)S1(=O)=O. The zero-order valence-electron chi connectivity index (χ0n) is 23.6. The summed E-state index contributed by atoms with van der Waals surface area (Å²) < 4.78 is 61.2. The summed E-state index contributed by atoms with van der Waals surface area (Å²) in [6.45, 7) is 11.2. The fourth-order valence-electron chi connectivity index (χ4n) is 5.71. The van der Waals surface area contributed by atoms with Crippen molar-refractivity contribution >= 4 is 33.8 Å². The van der Waals surface area contributed by atoms with Crippen molar-refractivity contribution < 1.29 is 21.6 Å². The number of rotatable bonds is 8. The molecule has 1 aliphatic heterocycles. The minimum Gasteiger partial charge on any atom is -0.496 e. The molecule has 2 aromatic rings. The van der Waals surface area contributed by atoms with Crippen molar-refractivity contribution in [1.82, 2.24) is 0 Å². The van der Waals surface area contributed by atoms with Gasteiger partial charge in [-0.15, -0.1) is 12.3 Å². The largest absolute Gasteiger partial charge is 0.496 e. The van der Waals surface area contributed by atoms with Crippen LogP contribution in [0.25, 0.3) is 6.08 Å². The van der Waals surface area contributed by atoms with Crippen molar-refractivity contribution in [3.8, 4) is 18.1 Å². The Morgan fingerprint density at radius 2 is 1.69 bits per heavy atom. The van der Waals surface area contributed by atoms with Gasteiger partial charge in [-0.05, 0) is 65.3 Å². The number of sulfone groups is 2. The molecule has 1 heterocycles. The molecule has 208 valence electrons. The number of terminal acetylenes is 1. The van der Waals surface area contributed by atoms with Gasteiger partial charge in [-0.1, -0.05) is 64.2 Å². The van der Waals surface area contributed by atoms with E-state index in [0.717, 1.165) is 11.1 Å². The normalized spacial score (nSPS) is 20.6. The van der Waals surface area contributed by atoms with E-state index in [4.69, 9.17) is 11.2 Å². The smallest absolute Gasteiger partial charge is 0.200 e. The van der Waals surface area contributed by atoms with Gasteiger partial charge in [-0.25, -0.2) is 16.8 Å². The van der Waals surface area contributed by atoms with Crippen LogP contribution in [0.3, 0.4) is 0 Å². The average molecular weight is 583 g/mol. The van der Waals surface area contributed by atoms with Crippen LogP contribution in [0.1, 0.15) is 63.1 Å². The summed E-state index contributed by atoms with van der Waals surface area (Å²) in [5.74, 6) is 3.23. The van der Waals surface area contributed by atoms with Gasteiger partial charge in [0.2, 0.25) is 0 Å². The van der Waals surface area contributed by atoms with Crippen molar-refractivity contribution in [1.29, 1.82) is 0 Å². The van der Waals surface area contributed by atoms with E-state index >= 15 is 0 Å². The van der Waals surface area contributed by atoms with Crippen molar-refractivity contribution in [2.75, 3.05) is 7.11 Å². The van der Waals surface area contributed by atoms with E-state index in [9.17, 15) is 16.8 Å². The molecule has 0 amide bonds. The highest BCUT2D eigenvalue weighted by Crippen LogP contribution is 2.59. The molecular formula is C31H38O5S2Si. The zero-order chi connectivity index (χ0) is 28.8. The Hall–Kier alpha value is -2.60. The maximum absolute atomic E-state index is 14.4. The fraction of sp³-hybridized carbons (Fsp3) is 0.419. The summed E-state index contributed by atoms with van der Waals surface area (Å²) in [4.78, 5) is 0.265. The lowest BCUT2D eigenvalue weighted by Crippen LogP contribution is -2.46. The summed E-state index contributed by atoms with van der Waals surface area (Å²) in [5, 5.41) is -0.109. The molecule has 2 aliphatic rings. The van der Waals surface area contributed by atoms with Crippen LogP contribution in [0.5, 0.6) is 5.75 Å². The number of benzene rings is 2. The maximum atomic E-state index is 14.4. The van der Waals surface area contributed by atoms with Crippen LogP contribution < -0.4 is 4.74 Å². The van der Waals surface area contributed by atoms with Gasteiger partial charge in [0.1, 0.15) is 5.75 Å². The van der Waals surface area contributed by atoms with Crippen LogP contribution in [0, 0.1) is 12.3 Å². The third-order valence-corrected chi connectivity index (χ3v) is 19.8. The van der Waals surface area contributed by atoms with Gasteiger partial charge in [-0.2, -0.15) is 0 Å². The Balaban J connectivity index is 2.10. The van der Waals surface area contributed by atoms with E-state index in [-0.39, 0.29) is 26.8 Å². The molecule has 0 radical (unpaired) electrons. The molecule has 2 unspecified atom stereocenters.